The first-order chi connectivity index (χ1) is 14.8. The summed E-state index contributed by atoms with van der Waals surface area (Å²) < 4.78 is 1.87. The SMILES string of the molecule is CN=C(NCCc1ccc(-n2cccn2)cc1)NCC(c1cccs1)N1CCCC1.I. The molecule has 4 rings (SSSR count). The summed E-state index contributed by atoms with van der Waals surface area (Å²) in [4.78, 5) is 8.43. The molecule has 166 valence electrons. The third-order valence-electron chi connectivity index (χ3n) is 5.55. The van der Waals surface area contributed by atoms with Crippen LogP contribution in [0.15, 0.2) is 65.2 Å². The number of hydrogen-bond donors (Lipinski definition) is 2. The minimum absolute atomic E-state index is 0. The number of likely N-dealkylation sites (tertiary alicyclic amines) is 1. The van der Waals surface area contributed by atoms with Gasteiger partial charge in [0.1, 0.15) is 0 Å². The Balaban J connectivity index is 0.00000272. The molecule has 0 saturated carbocycles. The molecule has 1 unspecified atom stereocenters. The normalized spacial score (nSPS) is 15.5. The van der Waals surface area contributed by atoms with Crippen molar-refractivity contribution in [3.63, 3.8) is 0 Å². The number of thiophene rings is 1. The molecule has 1 atom stereocenters. The summed E-state index contributed by atoms with van der Waals surface area (Å²) >= 11 is 1.84. The fraction of sp³-hybridized carbons (Fsp3) is 0.391. The molecule has 0 spiro atoms. The lowest BCUT2D eigenvalue weighted by atomic mass is 10.1. The predicted octanol–water partition coefficient (Wildman–Crippen LogP) is 4.10. The number of aliphatic imine (C=N–C) groups is 1. The Bertz CT molecular complexity index is 902. The molecule has 3 heterocycles. The van der Waals surface area contributed by atoms with E-state index in [9.17, 15) is 0 Å². The van der Waals surface area contributed by atoms with Gasteiger partial charge >= 0.3 is 0 Å². The molecule has 2 N–H and O–H groups in total. The molecule has 1 aromatic carbocycles. The molecule has 0 bridgehead atoms. The minimum atomic E-state index is 0. The van der Waals surface area contributed by atoms with Crippen molar-refractivity contribution < 1.29 is 0 Å². The highest BCUT2D eigenvalue weighted by Gasteiger charge is 2.24. The van der Waals surface area contributed by atoms with Crippen molar-refractivity contribution in [2.24, 2.45) is 4.99 Å². The highest BCUT2D eigenvalue weighted by Crippen LogP contribution is 2.27. The Kier molecular flexibility index (Phi) is 9.35. The zero-order chi connectivity index (χ0) is 20.6. The zero-order valence-corrected chi connectivity index (χ0v) is 21.1. The molecule has 0 radical (unpaired) electrons. The first kappa shape index (κ1) is 23.7. The van der Waals surface area contributed by atoms with Gasteiger partial charge in [-0.2, -0.15) is 5.10 Å². The highest BCUT2D eigenvalue weighted by atomic mass is 127. The van der Waals surface area contributed by atoms with E-state index in [1.807, 2.05) is 35.3 Å². The summed E-state index contributed by atoms with van der Waals surface area (Å²) in [7, 11) is 1.84. The van der Waals surface area contributed by atoms with Crippen molar-refractivity contribution in [2.45, 2.75) is 25.3 Å². The van der Waals surface area contributed by atoms with Crippen molar-refractivity contribution in [1.82, 2.24) is 25.3 Å². The third-order valence-corrected chi connectivity index (χ3v) is 6.52. The molecular formula is C23H31IN6S. The van der Waals surface area contributed by atoms with E-state index in [2.05, 4.69) is 67.4 Å². The van der Waals surface area contributed by atoms with E-state index < -0.39 is 0 Å². The lowest BCUT2D eigenvalue weighted by molar-refractivity contribution is 0.249. The van der Waals surface area contributed by atoms with E-state index in [0.29, 0.717) is 6.04 Å². The Morgan fingerprint density at radius 1 is 1.13 bits per heavy atom. The largest absolute Gasteiger partial charge is 0.356 e. The zero-order valence-electron chi connectivity index (χ0n) is 17.9. The van der Waals surface area contributed by atoms with Crippen molar-refractivity contribution in [1.29, 1.82) is 0 Å². The number of rotatable bonds is 8. The highest BCUT2D eigenvalue weighted by molar-refractivity contribution is 14.0. The van der Waals surface area contributed by atoms with E-state index >= 15 is 0 Å². The molecule has 8 heteroatoms. The van der Waals surface area contributed by atoms with Gasteiger partial charge in [0.15, 0.2) is 5.96 Å². The molecule has 1 aliphatic heterocycles. The Labute approximate surface area is 205 Å². The van der Waals surface area contributed by atoms with Gasteiger partial charge < -0.3 is 10.6 Å². The molecule has 1 aliphatic rings. The summed E-state index contributed by atoms with van der Waals surface area (Å²) in [6.45, 7) is 4.09. The number of guanidine groups is 1. The minimum Gasteiger partial charge on any atom is -0.356 e. The van der Waals surface area contributed by atoms with Crippen LogP contribution in [-0.2, 0) is 6.42 Å². The average Bonchev–Trinajstić information content (AvgIpc) is 3.57. The molecule has 1 saturated heterocycles. The number of nitrogens with one attached hydrogen (secondary N) is 2. The van der Waals surface area contributed by atoms with Crippen LogP contribution in [0, 0.1) is 0 Å². The average molecular weight is 551 g/mol. The number of hydrogen-bond acceptors (Lipinski definition) is 4. The van der Waals surface area contributed by atoms with Crippen LogP contribution in [0.25, 0.3) is 5.69 Å². The van der Waals surface area contributed by atoms with Gasteiger partial charge in [-0.15, -0.1) is 35.3 Å². The summed E-state index contributed by atoms with van der Waals surface area (Å²) in [5.74, 6) is 0.865. The molecule has 0 aliphatic carbocycles. The fourth-order valence-electron chi connectivity index (χ4n) is 3.92. The number of halogens is 1. The smallest absolute Gasteiger partial charge is 0.191 e. The Hall–Kier alpha value is -1.91. The quantitative estimate of drug-likeness (QED) is 0.252. The Morgan fingerprint density at radius 2 is 1.94 bits per heavy atom. The lowest BCUT2D eigenvalue weighted by Gasteiger charge is -2.27. The van der Waals surface area contributed by atoms with Gasteiger partial charge in [-0.05, 0) is 67.6 Å². The predicted molar refractivity (Wildman–Crippen MR) is 140 cm³/mol. The van der Waals surface area contributed by atoms with Gasteiger partial charge in [0, 0.05) is 37.4 Å². The molecule has 1 fully saturated rings. The molecule has 2 aromatic heterocycles. The van der Waals surface area contributed by atoms with E-state index in [1.165, 1.54) is 36.4 Å². The van der Waals surface area contributed by atoms with Gasteiger partial charge in [0.25, 0.3) is 0 Å². The first-order valence-corrected chi connectivity index (χ1v) is 11.5. The topological polar surface area (TPSA) is 57.5 Å². The Morgan fingerprint density at radius 3 is 2.58 bits per heavy atom. The van der Waals surface area contributed by atoms with Crippen LogP contribution in [0.1, 0.15) is 29.3 Å². The van der Waals surface area contributed by atoms with Gasteiger partial charge in [0.2, 0.25) is 0 Å². The van der Waals surface area contributed by atoms with Crippen LogP contribution in [0.4, 0.5) is 0 Å². The van der Waals surface area contributed by atoms with Crippen molar-refractivity contribution in [3.8, 4) is 5.69 Å². The van der Waals surface area contributed by atoms with Crippen molar-refractivity contribution in [2.75, 3.05) is 33.2 Å². The van der Waals surface area contributed by atoms with Crippen LogP contribution in [0.5, 0.6) is 0 Å². The number of benzene rings is 1. The van der Waals surface area contributed by atoms with Crippen LogP contribution in [0.2, 0.25) is 0 Å². The maximum Gasteiger partial charge on any atom is 0.191 e. The van der Waals surface area contributed by atoms with E-state index in [-0.39, 0.29) is 24.0 Å². The molecule has 0 amide bonds. The van der Waals surface area contributed by atoms with Crippen LogP contribution >= 0.6 is 35.3 Å². The standard InChI is InChI=1S/C23H30N6S.HI/c1-24-23(26-18-21(22-6-4-17-30-22)28-14-2-3-15-28)25-13-11-19-7-9-20(10-8-19)29-16-5-12-27-29;/h4-10,12,16-17,21H,2-3,11,13-15,18H2,1H3,(H2,24,25,26);1H. The second-order valence-electron chi connectivity index (χ2n) is 7.52. The van der Waals surface area contributed by atoms with Crippen molar-refractivity contribution in [3.05, 3.63) is 70.7 Å². The van der Waals surface area contributed by atoms with Crippen LogP contribution in [0.3, 0.4) is 0 Å². The second kappa shape index (κ2) is 12.2. The monoisotopic (exact) mass is 550 g/mol. The van der Waals surface area contributed by atoms with Gasteiger partial charge in [-0.25, -0.2) is 4.68 Å². The van der Waals surface area contributed by atoms with E-state index in [1.54, 1.807) is 6.20 Å². The van der Waals surface area contributed by atoms with Crippen LogP contribution in [-0.4, -0.2) is 53.9 Å². The fourth-order valence-corrected chi connectivity index (χ4v) is 4.78. The molecular weight excluding hydrogens is 519 g/mol. The first-order valence-electron chi connectivity index (χ1n) is 10.6. The molecule has 6 nitrogen and oxygen atoms in total. The lowest BCUT2D eigenvalue weighted by Crippen LogP contribution is -2.43. The maximum absolute atomic E-state index is 4.41. The third kappa shape index (κ3) is 6.54. The maximum atomic E-state index is 4.41. The molecule has 3 aromatic rings. The molecule has 31 heavy (non-hydrogen) atoms. The van der Waals surface area contributed by atoms with Gasteiger partial charge in [-0.3, -0.25) is 9.89 Å². The van der Waals surface area contributed by atoms with E-state index in [4.69, 9.17) is 0 Å². The number of aromatic nitrogens is 2. The van der Waals surface area contributed by atoms with Gasteiger partial charge in [0.05, 0.1) is 11.7 Å². The van der Waals surface area contributed by atoms with Gasteiger partial charge in [-0.1, -0.05) is 18.2 Å². The second-order valence-corrected chi connectivity index (χ2v) is 8.50. The summed E-state index contributed by atoms with van der Waals surface area (Å²) in [5.41, 5.74) is 2.37. The van der Waals surface area contributed by atoms with Crippen molar-refractivity contribution >= 4 is 41.3 Å². The number of nitrogens with zero attached hydrogens (tertiary/aromatic N) is 4. The van der Waals surface area contributed by atoms with Crippen LogP contribution < -0.4 is 10.6 Å². The van der Waals surface area contributed by atoms with E-state index in [0.717, 1.165) is 31.2 Å². The summed E-state index contributed by atoms with van der Waals surface area (Å²) in [6, 6.07) is 15.3. The summed E-state index contributed by atoms with van der Waals surface area (Å²) in [6.07, 6.45) is 7.30. The summed E-state index contributed by atoms with van der Waals surface area (Å²) in [5, 5.41) is 13.4.